The molecule has 0 aromatic heterocycles. The van der Waals surface area contributed by atoms with E-state index in [-0.39, 0.29) is 18.4 Å². The molecule has 0 bridgehead atoms. The number of nitrogens with zero attached hydrogens (tertiary/aromatic N) is 1. The molecule has 0 unspecified atom stereocenters. The predicted molar refractivity (Wildman–Crippen MR) is 71.5 cm³/mol. The lowest BCUT2D eigenvalue weighted by atomic mass is 9.95. The van der Waals surface area contributed by atoms with Crippen LogP contribution in [0, 0.1) is 5.92 Å². The predicted octanol–water partition coefficient (Wildman–Crippen LogP) is 1.53. The average Bonchev–Trinajstić information content (AvgIpc) is 2.38. The van der Waals surface area contributed by atoms with Gasteiger partial charge in [-0.3, -0.25) is 4.79 Å². The summed E-state index contributed by atoms with van der Waals surface area (Å²) in [5.74, 6) is -0.237. The Labute approximate surface area is 111 Å². The molecule has 0 spiro atoms. The van der Waals surface area contributed by atoms with E-state index in [1.54, 1.807) is 6.07 Å². The van der Waals surface area contributed by atoms with Crippen LogP contribution in [0.15, 0.2) is 18.2 Å². The smallest absolute Gasteiger partial charge is 0.220 e. The number of aliphatic hydroxyl groups excluding tert-OH is 1. The van der Waals surface area contributed by atoms with Crippen molar-refractivity contribution in [3.05, 3.63) is 28.8 Å². The highest BCUT2D eigenvalue weighted by Gasteiger charge is 2.24. The van der Waals surface area contributed by atoms with Crippen molar-refractivity contribution >= 4 is 23.2 Å². The molecule has 1 fully saturated rings. The zero-order chi connectivity index (χ0) is 13.1. The van der Waals surface area contributed by atoms with Crippen LogP contribution in [-0.2, 0) is 11.4 Å². The molecule has 1 aliphatic heterocycles. The van der Waals surface area contributed by atoms with Crippen LogP contribution in [0.2, 0.25) is 5.02 Å². The number of amides is 1. The molecule has 1 amide bonds. The summed E-state index contributed by atoms with van der Waals surface area (Å²) in [5.41, 5.74) is 7.12. The van der Waals surface area contributed by atoms with Crippen LogP contribution >= 0.6 is 11.6 Å². The largest absolute Gasteiger partial charge is 0.392 e. The van der Waals surface area contributed by atoms with E-state index in [2.05, 4.69) is 4.90 Å². The fourth-order valence-corrected chi connectivity index (χ4v) is 2.59. The van der Waals surface area contributed by atoms with Gasteiger partial charge in [0.05, 0.1) is 6.61 Å². The lowest BCUT2D eigenvalue weighted by molar-refractivity contribution is -0.122. The van der Waals surface area contributed by atoms with Crippen molar-refractivity contribution in [2.75, 3.05) is 18.0 Å². The van der Waals surface area contributed by atoms with Crippen LogP contribution in [0.5, 0.6) is 0 Å². The third-order valence-corrected chi connectivity index (χ3v) is 3.68. The van der Waals surface area contributed by atoms with Gasteiger partial charge in [-0.05, 0) is 31.0 Å². The summed E-state index contributed by atoms with van der Waals surface area (Å²) in [6, 6.07) is 5.51. The number of nitrogens with two attached hydrogens (primary N) is 1. The molecule has 98 valence electrons. The van der Waals surface area contributed by atoms with Gasteiger partial charge in [-0.15, -0.1) is 0 Å². The Morgan fingerprint density at radius 3 is 2.67 bits per heavy atom. The van der Waals surface area contributed by atoms with Gasteiger partial charge in [-0.2, -0.15) is 0 Å². The first-order valence-electron chi connectivity index (χ1n) is 6.05. The number of benzene rings is 1. The van der Waals surface area contributed by atoms with Gasteiger partial charge in [-0.1, -0.05) is 11.6 Å². The Hall–Kier alpha value is -1.26. The normalized spacial score (nSPS) is 16.9. The highest BCUT2D eigenvalue weighted by molar-refractivity contribution is 6.30. The molecule has 18 heavy (non-hydrogen) atoms. The zero-order valence-electron chi connectivity index (χ0n) is 10.1. The molecule has 2 rings (SSSR count). The molecule has 1 aliphatic rings. The molecule has 1 aromatic carbocycles. The highest BCUT2D eigenvalue weighted by Crippen LogP contribution is 2.28. The third kappa shape index (κ3) is 2.76. The number of carbonyl (C=O) groups excluding carboxylic acids is 1. The molecule has 0 aliphatic carbocycles. The van der Waals surface area contributed by atoms with E-state index < -0.39 is 0 Å². The maximum atomic E-state index is 11.1. The number of carbonyl (C=O) groups is 1. The third-order valence-electron chi connectivity index (χ3n) is 3.45. The number of anilines is 1. The number of piperidine rings is 1. The summed E-state index contributed by atoms with van der Waals surface area (Å²) in [7, 11) is 0. The van der Waals surface area contributed by atoms with Crippen molar-refractivity contribution in [2.24, 2.45) is 11.7 Å². The number of aliphatic hydroxyl groups is 1. The molecule has 4 nitrogen and oxygen atoms in total. The van der Waals surface area contributed by atoms with E-state index in [0.29, 0.717) is 5.02 Å². The van der Waals surface area contributed by atoms with Gasteiger partial charge in [0, 0.05) is 35.3 Å². The van der Waals surface area contributed by atoms with Gasteiger partial charge in [-0.25, -0.2) is 0 Å². The van der Waals surface area contributed by atoms with Crippen molar-refractivity contribution in [3.8, 4) is 0 Å². The van der Waals surface area contributed by atoms with Crippen LogP contribution in [0.25, 0.3) is 0 Å². The fraction of sp³-hybridized carbons (Fsp3) is 0.462. The van der Waals surface area contributed by atoms with E-state index in [1.807, 2.05) is 12.1 Å². The minimum absolute atomic E-state index is 0.0221. The number of halogens is 1. The van der Waals surface area contributed by atoms with Crippen LogP contribution in [0.3, 0.4) is 0 Å². The Bertz CT molecular complexity index is 443. The van der Waals surface area contributed by atoms with Gasteiger partial charge in [0.15, 0.2) is 0 Å². The molecule has 1 saturated heterocycles. The van der Waals surface area contributed by atoms with Gasteiger partial charge in [0.2, 0.25) is 5.91 Å². The summed E-state index contributed by atoms with van der Waals surface area (Å²) in [4.78, 5) is 13.3. The highest BCUT2D eigenvalue weighted by atomic mass is 35.5. The zero-order valence-corrected chi connectivity index (χ0v) is 10.9. The maximum Gasteiger partial charge on any atom is 0.220 e. The van der Waals surface area contributed by atoms with Crippen molar-refractivity contribution in [2.45, 2.75) is 19.4 Å². The molecular weight excluding hydrogens is 252 g/mol. The number of hydrogen-bond acceptors (Lipinski definition) is 3. The SMILES string of the molecule is NC(=O)C1CCN(c2ccc(Cl)cc2CO)CC1. The van der Waals surface area contributed by atoms with Crippen LogP contribution < -0.4 is 10.6 Å². The van der Waals surface area contributed by atoms with E-state index >= 15 is 0 Å². The molecular formula is C13H17ClN2O2. The van der Waals surface area contributed by atoms with Crippen molar-refractivity contribution in [1.29, 1.82) is 0 Å². The summed E-state index contributed by atoms with van der Waals surface area (Å²) < 4.78 is 0. The lowest BCUT2D eigenvalue weighted by Gasteiger charge is -2.33. The Balaban J connectivity index is 2.12. The van der Waals surface area contributed by atoms with E-state index in [4.69, 9.17) is 17.3 Å². The van der Waals surface area contributed by atoms with Gasteiger partial charge >= 0.3 is 0 Å². The van der Waals surface area contributed by atoms with Crippen molar-refractivity contribution < 1.29 is 9.90 Å². The second-order valence-electron chi connectivity index (χ2n) is 4.59. The van der Waals surface area contributed by atoms with Crippen LogP contribution in [-0.4, -0.2) is 24.1 Å². The number of primary amides is 1. The molecule has 5 heteroatoms. The quantitative estimate of drug-likeness (QED) is 0.874. The minimum Gasteiger partial charge on any atom is -0.392 e. The summed E-state index contributed by atoms with van der Waals surface area (Å²) in [6.07, 6.45) is 1.53. The molecule has 0 radical (unpaired) electrons. The second kappa shape index (κ2) is 5.59. The minimum atomic E-state index is -0.215. The van der Waals surface area contributed by atoms with Gasteiger partial charge in [0.25, 0.3) is 0 Å². The second-order valence-corrected chi connectivity index (χ2v) is 5.03. The van der Waals surface area contributed by atoms with E-state index in [1.165, 1.54) is 0 Å². The van der Waals surface area contributed by atoms with Crippen molar-refractivity contribution in [3.63, 3.8) is 0 Å². The summed E-state index contributed by atoms with van der Waals surface area (Å²) in [5, 5.41) is 9.97. The first kappa shape index (κ1) is 13.2. The summed E-state index contributed by atoms with van der Waals surface area (Å²) >= 11 is 5.91. The average molecular weight is 269 g/mol. The molecule has 0 atom stereocenters. The summed E-state index contributed by atoms with van der Waals surface area (Å²) in [6.45, 7) is 1.52. The van der Waals surface area contributed by atoms with Crippen LogP contribution in [0.1, 0.15) is 18.4 Å². The first-order valence-corrected chi connectivity index (χ1v) is 6.43. The maximum absolute atomic E-state index is 11.1. The molecule has 0 saturated carbocycles. The molecule has 3 N–H and O–H groups in total. The van der Waals surface area contributed by atoms with Crippen molar-refractivity contribution in [1.82, 2.24) is 0 Å². The van der Waals surface area contributed by atoms with Gasteiger partial charge in [0.1, 0.15) is 0 Å². The van der Waals surface area contributed by atoms with E-state index in [9.17, 15) is 9.90 Å². The van der Waals surface area contributed by atoms with Crippen LogP contribution in [0.4, 0.5) is 5.69 Å². The first-order chi connectivity index (χ1) is 8.61. The lowest BCUT2D eigenvalue weighted by Crippen LogP contribution is -2.38. The Morgan fingerprint density at radius 2 is 2.11 bits per heavy atom. The fourth-order valence-electron chi connectivity index (χ4n) is 2.39. The Morgan fingerprint density at radius 1 is 1.44 bits per heavy atom. The Kier molecular flexibility index (Phi) is 4.09. The number of rotatable bonds is 3. The van der Waals surface area contributed by atoms with E-state index in [0.717, 1.165) is 37.2 Å². The monoisotopic (exact) mass is 268 g/mol. The topological polar surface area (TPSA) is 66.6 Å². The van der Waals surface area contributed by atoms with Gasteiger partial charge < -0.3 is 15.7 Å². The molecule has 1 heterocycles. The number of hydrogen-bond donors (Lipinski definition) is 2. The molecule has 1 aromatic rings. The standard InChI is InChI=1S/C13H17ClN2O2/c14-11-1-2-12(10(7-11)8-17)16-5-3-9(4-6-16)13(15)18/h1-2,7,9,17H,3-6,8H2,(H2,15,18).